The molecule has 3 nitrogen and oxygen atoms in total. The lowest BCUT2D eigenvalue weighted by molar-refractivity contribution is -0.582. The van der Waals surface area contributed by atoms with E-state index in [2.05, 4.69) is 252 Å². The summed E-state index contributed by atoms with van der Waals surface area (Å²) in [6.07, 6.45) is 2.27. The summed E-state index contributed by atoms with van der Waals surface area (Å²) < 4.78 is 4.72. The van der Waals surface area contributed by atoms with E-state index in [9.17, 15) is 0 Å². The molecule has 0 aliphatic heterocycles. The van der Waals surface area contributed by atoms with Crippen LogP contribution in [0, 0.1) is 0 Å². The molecule has 294 valence electrons. The van der Waals surface area contributed by atoms with Crippen molar-refractivity contribution in [1.82, 2.24) is 9.55 Å². The maximum atomic E-state index is 5.59. The molecule has 12 rings (SSSR count). The molecule has 0 fully saturated rings. The molecule has 0 radical (unpaired) electrons. The molecule has 0 unspecified atom stereocenters. The maximum absolute atomic E-state index is 5.59. The van der Waals surface area contributed by atoms with Crippen LogP contribution in [0.25, 0.3) is 111 Å². The van der Waals surface area contributed by atoms with Crippen LogP contribution in [0.4, 0.5) is 0 Å². The number of aromatic nitrogens is 3. The Bertz CT molecular complexity index is 3640. The quantitative estimate of drug-likeness (QED) is 0.116. The van der Waals surface area contributed by atoms with Gasteiger partial charge in [0.2, 0.25) is 0 Å². The van der Waals surface area contributed by atoms with Crippen molar-refractivity contribution in [2.75, 3.05) is 0 Å². The first-order valence-corrected chi connectivity index (χ1v) is 21.5. The van der Waals surface area contributed by atoms with Gasteiger partial charge in [-0.15, -0.1) is 0 Å². The van der Waals surface area contributed by atoms with E-state index in [1.807, 2.05) is 0 Å². The lowest BCUT2D eigenvalue weighted by Gasteiger charge is -2.17. The first-order chi connectivity index (χ1) is 31.3. The molecule has 0 aliphatic rings. The fourth-order valence-corrected chi connectivity index (χ4v) is 9.53. The highest BCUT2D eigenvalue weighted by Crippen LogP contribution is 2.43. The van der Waals surface area contributed by atoms with Crippen LogP contribution < -0.4 is 4.57 Å². The van der Waals surface area contributed by atoms with E-state index in [4.69, 9.17) is 4.98 Å². The SMILES string of the molecule is c1ccc(-c2c[n+](-c3ccccc3)c(-c3ccccc3)n2-c2ccc(-c3cc(-c4cccc5ccccc45)nc4c3cc(-c3cccc5ccccc35)c3ccccc34)cc2)cc1. The molecule has 0 saturated carbocycles. The number of hydrogen-bond donors (Lipinski definition) is 0. The highest BCUT2D eigenvalue weighted by atomic mass is 15.2. The van der Waals surface area contributed by atoms with Crippen LogP contribution in [0.15, 0.2) is 243 Å². The Morgan fingerprint density at radius 1 is 0.349 bits per heavy atom. The third-order valence-electron chi connectivity index (χ3n) is 12.5. The minimum absolute atomic E-state index is 0.952. The number of nitrogens with zero attached hydrogens (tertiary/aromatic N) is 3. The van der Waals surface area contributed by atoms with Gasteiger partial charge in [-0.2, -0.15) is 9.13 Å². The van der Waals surface area contributed by atoms with E-state index in [0.29, 0.717) is 0 Å². The third-order valence-corrected chi connectivity index (χ3v) is 12.5. The average molecular weight is 803 g/mol. The summed E-state index contributed by atoms with van der Waals surface area (Å²) in [7, 11) is 0. The number of fused-ring (bicyclic) bond motifs is 5. The molecule has 0 bridgehead atoms. The van der Waals surface area contributed by atoms with Crippen LogP contribution in [0.2, 0.25) is 0 Å². The van der Waals surface area contributed by atoms with Crippen LogP contribution in [-0.2, 0) is 0 Å². The van der Waals surface area contributed by atoms with E-state index < -0.39 is 0 Å². The van der Waals surface area contributed by atoms with Crippen LogP contribution in [0.3, 0.4) is 0 Å². The second kappa shape index (κ2) is 15.3. The van der Waals surface area contributed by atoms with Crippen LogP contribution in [0.5, 0.6) is 0 Å². The maximum Gasteiger partial charge on any atom is 0.299 e. The normalized spacial score (nSPS) is 11.5. The standard InChI is InChI=1S/C60H40N3/c1-4-20-44(21-5-1)58-40-62(46-26-8-3-9-27-46)60(45-22-6-2-7-23-45)63(58)47-36-34-43(35-37-47)54-39-57(52-33-17-25-42-19-11-13-29-49(42)52)61-59-53-31-15-14-30-51(53)55(38-56(54)59)50-32-16-24-41-18-10-12-28-48(41)50/h1-40H/q+1. The number of para-hydroxylation sites is 1. The van der Waals surface area contributed by atoms with Gasteiger partial charge in [-0.25, -0.2) is 4.98 Å². The number of imidazole rings is 1. The fourth-order valence-electron chi connectivity index (χ4n) is 9.53. The van der Waals surface area contributed by atoms with Gasteiger partial charge in [0.05, 0.1) is 16.8 Å². The van der Waals surface area contributed by atoms with Gasteiger partial charge in [0.1, 0.15) is 17.6 Å². The van der Waals surface area contributed by atoms with Crippen LogP contribution >= 0.6 is 0 Å². The number of hydrogen-bond acceptors (Lipinski definition) is 1. The van der Waals surface area contributed by atoms with Gasteiger partial charge in [0.25, 0.3) is 5.82 Å². The number of pyridine rings is 1. The zero-order chi connectivity index (χ0) is 41.7. The molecular formula is C60H40N3+. The minimum atomic E-state index is 0.952. The van der Waals surface area contributed by atoms with E-state index in [0.717, 1.165) is 72.7 Å². The molecule has 63 heavy (non-hydrogen) atoms. The van der Waals surface area contributed by atoms with Crippen molar-refractivity contribution < 1.29 is 4.57 Å². The van der Waals surface area contributed by atoms with Crippen LogP contribution in [0.1, 0.15) is 0 Å². The molecule has 0 aliphatic carbocycles. The first-order valence-electron chi connectivity index (χ1n) is 21.5. The molecular weight excluding hydrogens is 763 g/mol. The summed E-state index contributed by atoms with van der Waals surface area (Å²) in [4.78, 5) is 5.59. The van der Waals surface area contributed by atoms with Gasteiger partial charge in [0.15, 0.2) is 5.69 Å². The molecule has 12 aromatic rings. The van der Waals surface area contributed by atoms with Crippen molar-refractivity contribution in [1.29, 1.82) is 0 Å². The average Bonchev–Trinajstić information content (AvgIpc) is 3.77. The topological polar surface area (TPSA) is 21.7 Å². The zero-order valence-electron chi connectivity index (χ0n) is 34.4. The lowest BCUT2D eigenvalue weighted by atomic mass is 9.89. The minimum Gasteiger partial charge on any atom is -0.247 e. The summed E-state index contributed by atoms with van der Waals surface area (Å²) in [6, 6.07) is 85.1. The molecule has 0 N–H and O–H groups in total. The smallest absolute Gasteiger partial charge is 0.247 e. The summed E-state index contributed by atoms with van der Waals surface area (Å²) in [5.74, 6) is 1.08. The Hall–Kier alpha value is -8.40. The van der Waals surface area contributed by atoms with Crippen molar-refractivity contribution in [2.24, 2.45) is 0 Å². The molecule has 10 aromatic carbocycles. The van der Waals surface area contributed by atoms with Crippen molar-refractivity contribution in [3.05, 3.63) is 243 Å². The van der Waals surface area contributed by atoms with Gasteiger partial charge in [-0.05, 0) is 97.7 Å². The van der Waals surface area contributed by atoms with E-state index in [1.165, 1.54) is 38.1 Å². The third kappa shape index (κ3) is 6.29. The Morgan fingerprint density at radius 2 is 0.889 bits per heavy atom. The van der Waals surface area contributed by atoms with Crippen molar-refractivity contribution in [3.63, 3.8) is 0 Å². The first kappa shape index (κ1) is 36.5. The van der Waals surface area contributed by atoms with E-state index in [-0.39, 0.29) is 0 Å². The van der Waals surface area contributed by atoms with Gasteiger partial charge in [0, 0.05) is 21.9 Å². The number of benzene rings is 10. The lowest BCUT2D eigenvalue weighted by Crippen LogP contribution is -2.31. The summed E-state index contributed by atoms with van der Waals surface area (Å²) in [6.45, 7) is 0. The highest BCUT2D eigenvalue weighted by Gasteiger charge is 2.29. The molecule has 0 saturated heterocycles. The molecule has 0 spiro atoms. The Kier molecular flexibility index (Phi) is 8.83. The largest absolute Gasteiger partial charge is 0.299 e. The molecule has 2 heterocycles. The monoisotopic (exact) mass is 802 g/mol. The molecule has 2 aromatic heterocycles. The highest BCUT2D eigenvalue weighted by molar-refractivity contribution is 6.18. The van der Waals surface area contributed by atoms with Crippen molar-refractivity contribution >= 4 is 43.2 Å². The predicted octanol–water partition coefficient (Wildman–Crippen LogP) is 15.1. The van der Waals surface area contributed by atoms with Crippen molar-refractivity contribution in [2.45, 2.75) is 0 Å². The Labute approximate surface area is 366 Å². The zero-order valence-corrected chi connectivity index (χ0v) is 34.4. The van der Waals surface area contributed by atoms with E-state index >= 15 is 0 Å². The van der Waals surface area contributed by atoms with Gasteiger partial charge < -0.3 is 0 Å². The van der Waals surface area contributed by atoms with Crippen molar-refractivity contribution in [3.8, 4) is 67.5 Å². The van der Waals surface area contributed by atoms with Gasteiger partial charge in [-0.1, -0.05) is 188 Å². The fraction of sp³-hybridized carbons (Fsp3) is 0. The van der Waals surface area contributed by atoms with E-state index in [1.54, 1.807) is 0 Å². The number of rotatable bonds is 7. The molecule has 3 heteroatoms. The summed E-state index contributed by atoms with van der Waals surface area (Å²) in [5, 5.41) is 8.28. The summed E-state index contributed by atoms with van der Waals surface area (Å²) in [5.41, 5.74) is 13.3. The molecule has 0 atom stereocenters. The Balaban J connectivity index is 1.12. The van der Waals surface area contributed by atoms with Gasteiger partial charge in [-0.3, -0.25) is 0 Å². The molecule has 0 amide bonds. The van der Waals surface area contributed by atoms with Gasteiger partial charge >= 0.3 is 0 Å². The Morgan fingerprint density at radius 3 is 1.57 bits per heavy atom. The van der Waals surface area contributed by atoms with Crippen LogP contribution in [-0.4, -0.2) is 9.55 Å². The summed E-state index contributed by atoms with van der Waals surface area (Å²) >= 11 is 0. The second-order valence-electron chi connectivity index (χ2n) is 16.1. The predicted molar refractivity (Wildman–Crippen MR) is 262 cm³/mol. The second-order valence-corrected chi connectivity index (χ2v) is 16.1.